The number of aromatic amines is 1. The van der Waals surface area contributed by atoms with Crippen LogP contribution in [0.15, 0.2) is 41.4 Å². The first-order valence-electron chi connectivity index (χ1n) is 12.6. The van der Waals surface area contributed by atoms with Crippen molar-refractivity contribution >= 4 is 58.3 Å². The number of likely N-dealkylation sites (tertiary alicyclic amines) is 1. The van der Waals surface area contributed by atoms with Gasteiger partial charge in [0.15, 0.2) is 11.6 Å². The van der Waals surface area contributed by atoms with Gasteiger partial charge in [-0.1, -0.05) is 35.7 Å². The van der Waals surface area contributed by atoms with Gasteiger partial charge in [0.25, 0.3) is 11.8 Å². The molecule has 2 atom stereocenters. The van der Waals surface area contributed by atoms with E-state index in [1.54, 1.807) is 18.2 Å². The van der Waals surface area contributed by atoms with Gasteiger partial charge in [0, 0.05) is 28.2 Å². The van der Waals surface area contributed by atoms with Gasteiger partial charge in [0.05, 0.1) is 24.0 Å². The third-order valence-electron chi connectivity index (χ3n) is 6.95. The van der Waals surface area contributed by atoms with Gasteiger partial charge in [0.2, 0.25) is 5.95 Å². The molecule has 2 aromatic carbocycles. The maximum absolute atomic E-state index is 13.3. The molecule has 2 aliphatic heterocycles. The van der Waals surface area contributed by atoms with Gasteiger partial charge in [-0.3, -0.25) is 19.9 Å². The van der Waals surface area contributed by atoms with Crippen LogP contribution in [0.3, 0.4) is 0 Å². The molecule has 1 fully saturated rings. The molecule has 2 amide bonds. The molecule has 3 heterocycles. The van der Waals surface area contributed by atoms with Crippen molar-refractivity contribution < 1.29 is 14.3 Å². The third kappa shape index (κ3) is 5.16. The number of rotatable bonds is 9. The molecule has 0 spiro atoms. The van der Waals surface area contributed by atoms with E-state index in [2.05, 4.69) is 30.5 Å². The number of hydrogen-bond donors (Lipinski definition) is 4. The van der Waals surface area contributed by atoms with Crippen molar-refractivity contribution in [1.82, 2.24) is 20.2 Å². The summed E-state index contributed by atoms with van der Waals surface area (Å²) in [5.74, 6) is -0.563. The predicted molar refractivity (Wildman–Crippen MR) is 148 cm³/mol. The standard InChI is InChI=1S/C26H29Cl2N7O3/c27-17-6-4-7-18(28)21(17)26(24(29)37)22(30-15-31-26)23(36)34-25-32-19-9-8-16(14-20(19)33-25)38-13-5-12-35-10-2-1-3-11-35/h4,6-9,14-15,22H,1-3,5,10-13H2,(H2,29,37)(H,30,31)(H2,32,33,34,36). The topological polar surface area (TPSA) is 138 Å². The Morgan fingerprint density at radius 3 is 2.66 bits per heavy atom. The Morgan fingerprint density at radius 1 is 1.16 bits per heavy atom. The van der Waals surface area contributed by atoms with E-state index < -0.39 is 23.4 Å². The van der Waals surface area contributed by atoms with Crippen molar-refractivity contribution in [3.63, 3.8) is 0 Å². The first-order valence-corrected chi connectivity index (χ1v) is 13.3. The number of imidazole rings is 1. The Hall–Kier alpha value is -3.34. The van der Waals surface area contributed by atoms with Crippen LogP contribution in [0.2, 0.25) is 10.0 Å². The molecule has 38 heavy (non-hydrogen) atoms. The highest BCUT2D eigenvalue weighted by Gasteiger charge is 2.54. The highest BCUT2D eigenvalue weighted by Crippen LogP contribution is 2.39. The van der Waals surface area contributed by atoms with E-state index in [9.17, 15) is 9.59 Å². The molecular formula is C26H29Cl2N7O3. The van der Waals surface area contributed by atoms with Crippen LogP contribution in [0.5, 0.6) is 5.75 Å². The average Bonchev–Trinajstić information content (AvgIpc) is 3.52. The van der Waals surface area contributed by atoms with E-state index >= 15 is 0 Å². The van der Waals surface area contributed by atoms with E-state index in [4.69, 9.17) is 33.7 Å². The summed E-state index contributed by atoms with van der Waals surface area (Å²) in [5, 5.41) is 5.88. The number of aliphatic imine (C=N–C) groups is 1. The smallest absolute Gasteiger partial charge is 0.254 e. The summed E-state index contributed by atoms with van der Waals surface area (Å²) in [5.41, 5.74) is 5.53. The van der Waals surface area contributed by atoms with Crippen LogP contribution in [-0.2, 0) is 15.1 Å². The van der Waals surface area contributed by atoms with Crippen LogP contribution < -0.4 is 21.1 Å². The summed E-state index contributed by atoms with van der Waals surface area (Å²) < 4.78 is 5.94. The van der Waals surface area contributed by atoms with Gasteiger partial charge in [-0.25, -0.2) is 4.98 Å². The minimum absolute atomic E-state index is 0.180. The minimum atomic E-state index is -1.76. The van der Waals surface area contributed by atoms with Gasteiger partial charge in [-0.15, -0.1) is 0 Å². The fourth-order valence-corrected chi connectivity index (χ4v) is 5.76. The minimum Gasteiger partial charge on any atom is -0.493 e. The summed E-state index contributed by atoms with van der Waals surface area (Å²) in [6.07, 6.45) is 6.08. The molecule has 0 bridgehead atoms. The van der Waals surface area contributed by atoms with Crippen LogP contribution >= 0.6 is 23.2 Å². The maximum Gasteiger partial charge on any atom is 0.254 e. The van der Waals surface area contributed by atoms with E-state index in [1.807, 2.05) is 18.2 Å². The Kier molecular flexibility index (Phi) is 7.73. The number of carbonyl (C=O) groups excluding carboxylic acids is 2. The van der Waals surface area contributed by atoms with Crippen molar-refractivity contribution in [2.75, 3.05) is 31.6 Å². The van der Waals surface area contributed by atoms with Crippen molar-refractivity contribution in [1.29, 1.82) is 0 Å². The van der Waals surface area contributed by atoms with Crippen LogP contribution in [0.25, 0.3) is 11.0 Å². The maximum atomic E-state index is 13.3. The molecule has 2 aliphatic rings. The number of anilines is 1. The molecule has 200 valence electrons. The molecule has 5 N–H and O–H groups in total. The number of benzene rings is 2. The van der Waals surface area contributed by atoms with E-state index in [1.165, 1.54) is 38.7 Å². The zero-order valence-corrected chi connectivity index (χ0v) is 22.2. The number of nitrogens with one attached hydrogen (secondary N) is 3. The van der Waals surface area contributed by atoms with Crippen molar-refractivity contribution in [3.05, 3.63) is 52.0 Å². The lowest BCUT2D eigenvalue weighted by molar-refractivity contribution is -0.129. The number of fused-ring (bicyclic) bond motifs is 1. The monoisotopic (exact) mass is 557 g/mol. The molecule has 0 aliphatic carbocycles. The number of halogens is 2. The fourth-order valence-electron chi connectivity index (χ4n) is 5.07. The quantitative estimate of drug-likeness (QED) is 0.297. The normalized spacial score (nSPS) is 21.4. The second kappa shape index (κ2) is 11.2. The first kappa shape index (κ1) is 26.3. The van der Waals surface area contributed by atoms with Crippen LogP contribution in [0.1, 0.15) is 31.2 Å². The number of primary amides is 1. The lowest BCUT2D eigenvalue weighted by Gasteiger charge is -2.32. The van der Waals surface area contributed by atoms with Crippen LogP contribution in [0, 0.1) is 0 Å². The molecule has 0 saturated carbocycles. The van der Waals surface area contributed by atoms with Gasteiger partial charge < -0.3 is 25.7 Å². The molecule has 0 radical (unpaired) electrons. The number of ether oxygens (including phenoxy) is 1. The molecule has 2 unspecified atom stereocenters. The first-order chi connectivity index (χ1) is 18.4. The lowest BCUT2D eigenvalue weighted by Crippen LogP contribution is -2.59. The number of hydrogen-bond acceptors (Lipinski definition) is 7. The van der Waals surface area contributed by atoms with Crippen LogP contribution in [-0.4, -0.2) is 65.3 Å². The predicted octanol–water partition coefficient (Wildman–Crippen LogP) is 3.44. The Morgan fingerprint density at radius 2 is 1.92 bits per heavy atom. The third-order valence-corrected chi connectivity index (χ3v) is 7.58. The van der Waals surface area contributed by atoms with Crippen molar-refractivity contribution in [3.8, 4) is 5.75 Å². The van der Waals surface area contributed by atoms with E-state index in [0.717, 1.165) is 13.0 Å². The highest BCUT2D eigenvalue weighted by atomic mass is 35.5. The summed E-state index contributed by atoms with van der Waals surface area (Å²) in [7, 11) is 0. The fraction of sp³-hybridized carbons (Fsp3) is 0.385. The second-order valence-corrected chi connectivity index (χ2v) is 10.3. The molecule has 10 nitrogen and oxygen atoms in total. The number of nitrogens with two attached hydrogens (primary N) is 1. The highest BCUT2D eigenvalue weighted by molar-refractivity contribution is 6.37. The Bertz CT molecular complexity index is 1350. The SMILES string of the molecule is NC(=O)C1(c2c(Cl)cccc2Cl)NC=NC1C(=O)Nc1nc2ccc(OCCCN3CCCCC3)cc2[nH]1. The van der Waals surface area contributed by atoms with Gasteiger partial charge in [-0.2, -0.15) is 0 Å². The van der Waals surface area contributed by atoms with Crippen molar-refractivity contribution in [2.45, 2.75) is 37.3 Å². The number of piperidine rings is 1. The van der Waals surface area contributed by atoms with Gasteiger partial charge in [0.1, 0.15) is 5.75 Å². The number of aromatic nitrogens is 2. The van der Waals surface area contributed by atoms with Crippen molar-refractivity contribution in [2.24, 2.45) is 10.7 Å². The largest absolute Gasteiger partial charge is 0.493 e. The van der Waals surface area contributed by atoms with E-state index in [0.29, 0.717) is 23.4 Å². The number of amides is 2. The summed E-state index contributed by atoms with van der Waals surface area (Å²) in [6.45, 7) is 3.99. The number of H-pyrrole nitrogens is 1. The number of carbonyl (C=O) groups is 2. The van der Waals surface area contributed by atoms with Gasteiger partial charge >= 0.3 is 0 Å². The molecule has 3 aromatic rings. The molecular weight excluding hydrogens is 529 g/mol. The summed E-state index contributed by atoms with van der Waals surface area (Å²) in [6, 6.07) is 8.99. The molecule has 12 heteroatoms. The molecule has 5 rings (SSSR count). The summed E-state index contributed by atoms with van der Waals surface area (Å²) >= 11 is 12.7. The van der Waals surface area contributed by atoms with Crippen LogP contribution in [0.4, 0.5) is 5.95 Å². The van der Waals surface area contributed by atoms with Gasteiger partial charge in [-0.05, 0) is 56.6 Å². The lowest BCUT2D eigenvalue weighted by atomic mass is 9.82. The Balaban J connectivity index is 1.27. The zero-order chi connectivity index (χ0) is 26.7. The summed E-state index contributed by atoms with van der Waals surface area (Å²) in [4.78, 5) is 40.2. The van der Waals surface area contributed by atoms with E-state index in [-0.39, 0.29) is 21.6 Å². The molecule has 1 saturated heterocycles. The molecule has 1 aromatic heterocycles. The zero-order valence-electron chi connectivity index (χ0n) is 20.7. The number of nitrogens with zero attached hydrogens (tertiary/aromatic N) is 3. The Labute approximate surface area is 229 Å². The second-order valence-electron chi connectivity index (χ2n) is 9.45. The average molecular weight is 558 g/mol.